The number of carbonyl (C=O) groups is 1. The summed E-state index contributed by atoms with van der Waals surface area (Å²) in [4.78, 5) is 12.2. The van der Waals surface area contributed by atoms with Crippen molar-refractivity contribution in [2.45, 2.75) is 12.8 Å². The number of para-hydroxylation sites is 3. The Labute approximate surface area is 142 Å². The van der Waals surface area contributed by atoms with Gasteiger partial charge in [-0.05, 0) is 49.7 Å². The monoisotopic (exact) mass is 332 g/mol. The van der Waals surface area contributed by atoms with Crippen LogP contribution in [0.5, 0.6) is 11.5 Å². The zero-order chi connectivity index (χ0) is 15.2. The highest BCUT2D eigenvalue weighted by Gasteiger charge is 2.18. The van der Waals surface area contributed by atoms with Gasteiger partial charge in [-0.3, -0.25) is 4.79 Å². The molecule has 0 aliphatic carbocycles. The molecule has 0 bridgehead atoms. The second-order valence-corrected chi connectivity index (χ2v) is 5.52. The van der Waals surface area contributed by atoms with Gasteiger partial charge in [0.2, 0.25) is 5.91 Å². The molecule has 1 heterocycles. The molecule has 1 unspecified atom stereocenters. The second kappa shape index (κ2) is 8.56. The van der Waals surface area contributed by atoms with Crippen molar-refractivity contribution < 1.29 is 9.53 Å². The fraction of sp³-hybridized carbons (Fsp3) is 0.278. The molecule has 2 N–H and O–H groups in total. The quantitative estimate of drug-likeness (QED) is 0.874. The third-order valence-electron chi connectivity index (χ3n) is 3.77. The number of hydrogen-bond donors (Lipinski definition) is 2. The van der Waals surface area contributed by atoms with Crippen molar-refractivity contribution in [3.05, 3.63) is 54.6 Å². The molecule has 1 amide bonds. The van der Waals surface area contributed by atoms with Gasteiger partial charge in [0.1, 0.15) is 5.75 Å². The molecule has 0 spiro atoms. The minimum atomic E-state index is 0. The molecule has 0 radical (unpaired) electrons. The first-order valence-corrected chi connectivity index (χ1v) is 7.64. The lowest BCUT2D eigenvalue weighted by molar-refractivity contribution is -0.117. The molecule has 1 aliphatic heterocycles. The molecule has 0 saturated carbocycles. The first-order chi connectivity index (χ1) is 10.8. The maximum atomic E-state index is 12.2. The number of halogens is 1. The van der Waals surface area contributed by atoms with E-state index in [-0.39, 0.29) is 18.3 Å². The van der Waals surface area contributed by atoms with Crippen molar-refractivity contribution in [3.63, 3.8) is 0 Å². The molecule has 1 aliphatic rings. The Morgan fingerprint density at radius 1 is 1.13 bits per heavy atom. The average Bonchev–Trinajstić information content (AvgIpc) is 3.03. The fourth-order valence-corrected chi connectivity index (χ4v) is 2.63. The molecule has 4 nitrogen and oxygen atoms in total. The van der Waals surface area contributed by atoms with Crippen LogP contribution in [0, 0.1) is 5.92 Å². The molecule has 23 heavy (non-hydrogen) atoms. The smallest absolute Gasteiger partial charge is 0.224 e. The number of nitrogens with one attached hydrogen (secondary N) is 2. The average molecular weight is 333 g/mol. The predicted octanol–water partition coefficient (Wildman–Crippen LogP) is 3.84. The van der Waals surface area contributed by atoms with Gasteiger partial charge in [0.25, 0.3) is 0 Å². The molecule has 1 atom stereocenters. The van der Waals surface area contributed by atoms with Gasteiger partial charge in [0.05, 0.1) is 5.69 Å². The first kappa shape index (κ1) is 17.3. The van der Waals surface area contributed by atoms with Crippen LogP contribution in [0.25, 0.3) is 0 Å². The molecule has 1 fully saturated rings. The Morgan fingerprint density at radius 3 is 2.61 bits per heavy atom. The number of benzene rings is 2. The number of ether oxygens (including phenoxy) is 1. The van der Waals surface area contributed by atoms with Crippen molar-refractivity contribution in [2.75, 3.05) is 18.4 Å². The van der Waals surface area contributed by atoms with Gasteiger partial charge >= 0.3 is 0 Å². The zero-order valence-electron chi connectivity index (χ0n) is 12.8. The van der Waals surface area contributed by atoms with Gasteiger partial charge in [0.15, 0.2) is 5.75 Å². The molecular weight excluding hydrogens is 312 g/mol. The summed E-state index contributed by atoms with van der Waals surface area (Å²) in [6, 6.07) is 17.1. The predicted molar refractivity (Wildman–Crippen MR) is 94.4 cm³/mol. The van der Waals surface area contributed by atoms with Gasteiger partial charge in [-0.15, -0.1) is 12.4 Å². The van der Waals surface area contributed by atoms with Crippen molar-refractivity contribution in [1.82, 2.24) is 5.32 Å². The van der Waals surface area contributed by atoms with Crippen LogP contribution in [0.15, 0.2) is 54.6 Å². The van der Waals surface area contributed by atoms with Crippen LogP contribution < -0.4 is 15.4 Å². The number of amides is 1. The molecule has 2 aromatic carbocycles. The van der Waals surface area contributed by atoms with E-state index in [1.54, 1.807) is 0 Å². The second-order valence-electron chi connectivity index (χ2n) is 5.52. The Balaban J connectivity index is 0.00000192. The van der Waals surface area contributed by atoms with Gasteiger partial charge in [-0.1, -0.05) is 30.3 Å². The summed E-state index contributed by atoms with van der Waals surface area (Å²) in [5, 5.41) is 6.25. The number of rotatable bonds is 5. The van der Waals surface area contributed by atoms with E-state index in [1.807, 2.05) is 54.6 Å². The highest BCUT2D eigenvalue weighted by molar-refractivity contribution is 5.92. The van der Waals surface area contributed by atoms with E-state index in [4.69, 9.17) is 4.74 Å². The SMILES string of the molecule is Cl.O=C(CC1CCNC1)Nc1ccccc1Oc1ccccc1. The van der Waals surface area contributed by atoms with Crippen LogP contribution in [0.1, 0.15) is 12.8 Å². The lowest BCUT2D eigenvalue weighted by Gasteiger charge is -2.13. The molecule has 2 aromatic rings. The van der Waals surface area contributed by atoms with Crippen LogP contribution in [-0.2, 0) is 4.79 Å². The normalized spacial score (nSPS) is 16.4. The van der Waals surface area contributed by atoms with Crippen LogP contribution in [-0.4, -0.2) is 19.0 Å². The zero-order valence-corrected chi connectivity index (χ0v) is 13.6. The van der Waals surface area contributed by atoms with Crippen LogP contribution in [0.3, 0.4) is 0 Å². The van der Waals surface area contributed by atoms with E-state index in [0.717, 1.165) is 25.3 Å². The van der Waals surface area contributed by atoms with E-state index in [0.29, 0.717) is 23.8 Å². The largest absolute Gasteiger partial charge is 0.455 e. The van der Waals surface area contributed by atoms with Crippen molar-refractivity contribution in [1.29, 1.82) is 0 Å². The summed E-state index contributed by atoms with van der Waals surface area (Å²) in [6.45, 7) is 1.93. The summed E-state index contributed by atoms with van der Waals surface area (Å²) in [5.41, 5.74) is 0.710. The molecule has 0 aromatic heterocycles. The number of carbonyl (C=O) groups excluding carboxylic acids is 1. The molecule has 1 saturated heterocycles. The lowest BCUT2D eigenvalue weighted by Crippen LogP contribution is -2.18. The summed E-state index contributed by atoms with van der Waals surface area (Å²) in [5.74, 6) is 1.89. The van der Waals surface area contributed by atoms with Crippen molar-refractivity contribution >= 4 is 24.0 Å². The number of anilines is 1. The minimum absolute atomic E-state index is 0. The van der Waals surface area contributed by atoms with Crippen molar-refractivity contribution in [2.24, 2.45) is 5.92 Å². The van der Waals surface area contributed by atoms with Gasteiger partial charge in [-0.25, -0.2) is 0 Å². The fourth-order valence-electron chi connectivity index (χ4n) is 2.63. The van der Waals surface area contributed by atoms with Gasteiger partial charge in [-0.2, -0.15) is 0 Å². The topological polar surface area (TPSA) is 50.4 Å². The first-order valence-electron chi connectivity index (χ1n) is 7.64. The molecule has 5 heteroatoms. The Kier molecular flexibility index (Phi) is 6.44. The number of hydrogen-bond acceptors (Lipinski definition) is 3. The van der Waals surface area contributed by atoms with E-state index in [2.05, 4.69) is 10.6 Å². The third-order valence-corrected chi connectivity index (χ3v) is 3.77. The van der Waals surface area contributed by atoms with E-state index < -0.39 is 0 Å². The van der Waals surface area contributed by atoms with Crippen molar-refractivity contribution in [3.8, 4) is 11.5 Å². The summed E-state index contributed by atoms with van der Waals surface area (Å²) in [7, 11) is 0. The van der Waals surface area contributed by atoms with Gasteiger partial charge in [0, 0.05) is 6.42 Å². The summed E-state index contributed by atoms with van der Waals surface area (Å²) in [6.07, 6.45) is 1.61. The highest BCUT2D eigenvalue weighted by atomic mass is 35.5. The van der Waals surface area contributed by atoms with Gasteiger partial charge < -0.3 is 15.4 Å². The molecular formula is C18H21ClN2O2. The van der Waals surface area contributed by atoms with E-state index in [1.165, 1.54) is 0 Å². The van der Waals surface area contributed by atoms with E-state index >= 15 is 0 Å². The maximum absolute atomic E-state index is 12.2. The lowest BCUT2D eigenvalue weighted by atomic mass is 10.0. The third kappa shape index (κ3) is 4.98. The van der Waals surface area contributed by atoms with E-state index in [9.17, 15) is 4.79 Å². The summed E-state index contributed by atoms with van der Waals surface area (Å²) < 4.78 is 5.85. The standard InChI is InChI=1S/C18H20N2O2.ClH/c21-18(12-14-10-11-19-13-14)20-16-8-4-5-9-17(16)22-15-6-2-1-3-7-15;/h1-9,14,19H,10-13H2,(H,20,21);1H. The van der Waals surface area contributed by atoms with Crippen LogP contribution >= 0.6 is 12.4 Å². The Hall–Kier alpha value is -2.04. The molecule has 122 valence electrons. The highest BCUT2D eigenvalue weighted by Crippen LogP contribution is 2.29. The minimum Gasteiger partial charge on any atom is -0.455 e. The Morgan fingerprint density at radius 2 is 1.87 bits per heavy atom. The maximum Gasteiger partial charge on any atom is 0.224 e. The van der Waals surface area contributed by atoms with Crippen LogP contribution in [0.2, 0.25) is 0 Å². The Bertz CT molecular complexity index is 628. The van der Waals surface area contributed by atoms with Crippen LogP contribution in [0.4, 0.5) is 5.69 Å². The molecule has 3 rings (SSSR count). The summed E-state index contributed by atoms with van der Waals surface area (Å²) >= 11 is 0.